The monoisotopic (exact) mass is 246 g/mol. The zero-order valence-corrected chi connectivity index (χ0v) is 10.1. The number of nitrogens with one attached hydrogen (secondary N) is 1. The molecule has 1 rings (SSSR count). The highest BCUT2D eigenvalue weighted by molar-refractivity contribution is 6.31. The van der Waals surface area contributed by atoms with E-state index in [-0.39, 0.29) is 11.1 Å². The van der Waals surface area contributed by atoms with Crippen molar-refractivity contribution in [3.05, 3.63) is 23.0 Å². The summed E-state index contributed by atoms with van der Waals surface area (Å²) in [5.74, 6) is -0.534. The van der Waals surface area contributed by atoms with E-state index in [9.17, 15) is 9.50 Å². The lowest BCUT2D eigenvalue weighted by atomic mass is 10.1. The lowest BCUT2D eigenvalue weighted by molar-refractivity contribution is 0.179. The molecule has 0 aliphatic heterocycles. The second-order valence-electron chi connectivity index (χ2n) is 3.98. The maximum Gasteiger partial charge on any atom is 0.143 e. The first-order chi connectivity index (χ1) is 7.40. The average Bonchev–Trinajstić information content (AvgIpc) is 2.12. The Bertz CT molecular complexity index is 371. The minimum absolute atomic E-state index is 0.0287. The van der Waals surface area contributed by atoms with E-state index in [1.807, 2.05) is 6.92 Å². The molecular weight excluding hydrogens is 231 g/mol. The van der Waals surface area contributed by atoms with Crippen molar-refractivity contribution in [3.8, 4) is 0 Å². The maximum absolute atomic E-state index is 13.0. The third kappa shape index (κ3) is 3.54. The molecule has 0 saturated carbocycles. The van der Waals surface area contributed by atoms with E-state index in [0.29, 0.717) is 17.8 Å². The van der Waals surface area contributed by atoms with Crippen LogP contribution in [0.1, 0.15) is 20.3 Å². The number of hydrogen-bond donors (Lipinski definition) is 3. The molecule has 0 saturated heterocycles. The number of aliphatic hydroxyl groups is 1. The first-order valence-electron chi connectivity index (χ1n) is 5.09. The van der Waals surface area contributed by atoms with E-state index < -0.39 is 11.9 Å². The molecule has 0 heterocycles. The molecular formula is C11H16ClFN2O. The maximum atomic E-state index is 13.0. The Morgan fingerprint density at radius 2 is 2.12 bits per heavy atom. The normalized spacial score (nSPS) is 14.6. The van der Waals surface area contributed by atoms with Crippen LogP contribution in [0.5, 0.6) is 0 Å². The molecule has 0 amide bonds. The van der Waals surface area contributed by atoms with Crippen LogP contribution in [0.15, 0.2) is 12.1 Å². The SMILES string of the molecule is CC(O)CC(C)Nc1cc(Cl)c(F)cc1N. The van der Waals surface area contributed by atoms with Crippen LogP contribution in [0.2, 0.25) is 5.02 Å². The van der Waals surface area contributed by atoms with E-state index in [1.54, 1.807) is 6.92 Å². The van der Waals surface area contributed by atoms with Crippen molar-refractivity contribution >= 4 is 23.0 Å². The van der Waals surface area contributed by atoms with Crippen LogP contribution in [-0.2, 0) is 0 Å². The summed E-state index contributed by atoms with van der Waals surface area (Å²) in [6, 6.07) is 2.66. The summed E-state index contributed by atoms with van der Waals surface area (Å²) in [5.41, 5.74) is 6.53. The minimum Gasteiger partial charge on any atom is -0.397 e. The summed E-state index contributed by atoms with van der Waals surface area (Å²) in [4.78, 5) is 0. The molecule has 2 atom stereocenters. The number of rotatable bonds is 4. The molecule has 0 aliphatic carbocycles. The van der Waals surface area contributed by atoms with E-state index >= 15 is 0 Å². The number of benzene rings is 1. The first-order valence-corrected chi connectivity index (χ1v) is 5.47. The largest absolute Gasteiger partial charge is 0.397 e. The van der Waals surface area contributed by atoms with Gasteiger partial charge in [-0.05, 0) is 26.3 Å². The van der Waals surface area contributed by atoms with Crippen molar-refractivity contribution in [1.29, 1.82) is 0 Å². The Kier molecular flexibility index (Phi) is 4.38. The van der Waals surface area contributed by atoms with Gasteiger partial charge in [0.25, 0.3) is 0 Å². The highest BCUT2D eigenvalue weighted by Crippen LogP contribution is 2.27. The molecule has 0 aliphatic rings. The van der Waals surface area contributed by atoms with Crippen molar-refractivity contribution in [2.45, 2.75) is 32.4 Å². The lowest BCUT2D eigenvalue weighted by Crippen LogP contribution is -2.21. The smallest absolute Gasteiger partial charge is 0.143 e. The molecule has 0 bridgehead atoms. The van der Waals surface area contributed by atoms with Gasteiger partial charge in [0.05, 0.1) is 22.5 Å². The predicted octanol–water partition coefficient (Wildman–Crippen LogP) is 2.63. The fourth-order valence-electron chi connectivity index (χ4n) is 1.52. The van der Waals surface area contributed by atoms with Crippen LogP contribution in [0.4, 0.5) is 15.8 Å². The van der Waals surface area contributed by atoms with Gasteiger partial charge in [0.2, 0.25) is 0 Å². The molecule has 0 aromatic heterocycles. The minimum atomic E-state index is -0.534. The number of halogens is 2. The van der Waals surface area contributed by atoms with Crippen LogP contribution in [0, 0.1) is 5.82 Å². The topological polar surface area (TPSA) is 58.3 Å². The summed E-state index contributed by atoms with van der Waals surface area (Å²) in [7, 11) is 0. The number of nitrogen functional groups attached to an aromatic ring is 1. The summed E-state index contributed by atoms with van der Waals surface area (Å²) in [5, 5.41) is 12.3. The number of nitrogens with two attached hydrogens (primary N) is 1. The molecule has 3 nitrogen and oxygen atoms in total. The molecule has 2 unspecified atom stereocenters. The van der Waals surface area contributed by atoms with E-state index in [0.717, 1.165) is 0 Å². The van der Waals surface area contributed by atoms with Gasteiger partial charge in [0.1, 0.15) is 5.82 Å². The predicted molar refractivity (Wildman–Crippen MR) is 65.2 cm³/mol. The molecule has 90 valence electrons. The first kappa shape index (κ1) is 13.1. The van der Waals surface area contributed by atoms with Crippen molar-refractivity contribution in [3.63, 3.8) is 0 Å². The third-order valence-corrected chi connectivity index (χ3v) is 2.48. The van der Waals surface area contributed by atoms with Crippen molar-refractivity contribution < 1.29 is 9.50 Å². The van der Waals surface area contributed by atoms with Gasteiger partial charge in [-0.25, -0.2) is 4.39 Å². The molecule has 1 aromatic rings. The molecule has 1 aromatic carbocycles. The van der Waals surface area contributed by atoms with Crippen molar-refractivity contribution in [2.75, 3.05) is 11.1 Å². The fraction of sp³-hybridized carbons (Fsp3) is 0.455. The molecule has 5 heteroatoms. The van der Waals surface area contributed by atoms with Crippen molar-refractivity contribution in [2.24, 2.45) is 0 Å². The number of anilines is 2. The molecule has 0 radical (unpaired) electrons. The standard InChI is InChI=1S/C11H16ClFN2O/c1-6(3-7(2)16)15-11-4-8(12)9(13)5-10(11)14/h4-7,15-16H,3,14H2,1-2H3. The highest BCUT2D eigenvalue weighted by atomic mass is 35.5. The van der Waals surface area contributed by atoms with Gasteiger partial charge < -0.3 is 16.2 Å². The Balaban J connectivity index is 2.77. The van der Waals surface area contributed by atoms with Crippen LogP contribution >= 0.6 is 11.6 Å². The second kappa shape index (κ2) is 5.37. The summed E-state index contributed by atoms with van der Waals surface area (Å²) >= 11 is 5.66. The van der Waals surface area contributed by atoms with Gasteiger partial charge in [0, 0.05) is 12.1 Å². The van der Waals surface area contributed by atoms with Gasteiger partial charge in [-0.1, -0.05) is 11.6 Å². The molecule has 16 heavy (non-hydrogen) atoms. The Labute approximate surface area is 99.4 Å². The van der Waals surface area contributed by atoms with E-state index in [4.69, 9.17) is 17.3 Å². The molecule has 4 N–H and O–H groups in total. The Hall–Kier alpha value is -1.00. The third-order valence-electron chi connectivity index (χ3n) is 2.19. The van der Waals surface area contributed by atoms with E-state index in [1.165, 1.54) is 12.1 Å². The van der Waals surface area contributed by atoms with Crippen LogP contribution in [-0.4, -0.2) is 17.3 Å². The van der Waals surface area contributed by atoms with Crippen LogP contribution < -0.4 is 11.1 Å². The summed E-state index contributed by atoms with van der Waals surface area (Å²) < 4.78 is 13.0. The van der Waals surface area contributed by atoms with Crippen LogP contribution in [0.3, 0.4) is 0 Å². The number of hydrogen-bond acceptors (Lipinski definition) is 3. The lowest BCUT2D eigenvalue weighted by Gasteiger charge is -2.18. The molecule has 0 spiro atoms. The van der Waals surface area contributed by atoms with E-state index in [2.05, 4.69) is 5.32 Å². The van der Waals surface area contributed by atoms with Crippen molar-refractivity contribution in [1.82, 2.24) is 0 Å². The highest BCUT2D eigenvalue weighted by Gasteiger charge is 2.10. The zero-order chi connectivity index (χ0) is 12.3. The summed E-state index contributed by atoms with van der Waals surface area (Å²) in [6.07, 6.45) is 0.175. The average molecular weight is 247 g/mol. The van der Waals surface area contributed by atoms with Gasteiger partial charge in [-0.3, -0.25) is 0 Å². The van der Waals surface area contributed by atoms with Gasteiger partial charge >= 0.3 is 0 Å². The zero-order valence-electron chi connectivity index (χ0n) is 9.30. The van der Waals surface area contributed by atoms with Gasteiger partial charge in [-0.15, -0.1) is 0 Å². The number of aliphatic hydroxyl groups excluding tert-OH is 1. The molecule has 0 fully saturated rings. The fourth-order valence-corrected chi connectivity index (χ4v) is 1.69. The van der Waals surface area contributed by atoms with Gasteiger partial charge in [0.15, 0.2) is 0 Å². The second-order valence-corrected chi connectivity index (χ2v) is 4.39. The van der Waals surface area contributed by atoms with Crippen LogP contribution in [0.25, 0.3) is 0 Å². The summed E-state index contributed by atoms with van der Waals surface area (Å²) in [6.45, 7) is 3.61. The van der Waals surface area contributed by atoms with Gasteiger partial charge in [-0.2, -0.15) is 0 Å². The Morgan fingerprint density at radius 1 is 1.50 bits per heavy atom. The quantitative estimate of drug-likeness (QED) is 0.716. The Morgan fingerprint density at radius 3 is 2.69 bits per heavy atom.